The van der Waals surface area contributed by atoms with Crippen LogP contribution in [0.25, 0.3) is 11.3 Å². The highest BCUT2D eigenvalue weighted by molar-refractivity contribution is 5.77. The molecule has 1 saturated heterocycles. The van der Waals surface area contributed by atoms with Crippen LogP contribution in [0.3, 0.4) is 0 Å². The quantitative estimate of drug-likeness (QED) is 0.568. The Bertz CT molecular complexity index is 1040. The molecular weight excluding hydrogens is 400 g/mol. The van der Waals surface area contributed by atoms with E-state index in [0.29, 0.717) is 18.2 Å². The number of rotatable bonds is 6. The number of ether oxygens (including phenoxy) is 1. The summed E-state index contributed by atoms with van der Waals surface area (Å²) in [5.74, 6) is 0.716. The molecule has 3 aromatic rings. The number of carbonyl (C=O) groups is 1. The summed E-state index contributed by atoms with van der Waals surface area (Å²) in [5.41, 5.74) is 4.09. The molecule has 0 N–H and O–H groups in total. The van der Waals surface area contributed by atoms with Crippen LogP contribution in [0.2, 0.25) is 0 Å². The lowest BCUT2D eigenvalue weighted by atomic mass is 9.94. The third-order valence-corrected chi connectivity index (χ3v) is 6.52. The fraction of sp³-hybridized carbons (Fsp3) is 0.423. The van der Waals surface area contributed by atoms with Crippen molar-refractivity contribution in [2.24, 2.45) is 5.92 Å². The van der Waals surface area contributed by atoms with Crippen molar-refractivity contribution in [3.8, 4) is 11.3 Å². The summed E-state index contributed by atoms with van der Waals surface area (Å²) in [5, 5.41) is 8.44. The standard InChI is InChI=1S/C26H30N4O2/c1-19-7-11-22(12-8-19)25-17-30(28-27-25)26(31)29-16-24(32-18-21-9-10-21)14-13-23(29)15-20-5-3-2-4-6-20/h2-8,11-12,17,21,23-24H,9-10,13-16,18H2,1H3/t23-,24-/m1/s1. The molecule has 2 heterocycles. The second kappa shape index (κ2) is 9.25. The van der Waals surface area contributed by atoms with Gasteiger partial charge in [-0.2, -0.15) is 4.68 Å². The highest BCUT2D eigenvalue weighted by Crippen LogP contribution is 2.31. The highest BCUT2D eigenvalue weighted by Gasteiger charge is 2.34. The summed E-state index contributed by atoms with van der Waals surface area (Å²) in [6.45, 7) is 3.47. The van der Waals surface area contributed by atoms with Crippen LogP contribution in [0.5, 0.6) is 0 Å². The van der Waals surface area contributed by atoms with Gasteiger partial charge in [0.2, 0.25) is 0 Å². The van der Waals surface area contributed by atoms with Crippen molar-refractivity contribution >= 4 is 6.03 Å². The molecule has 0 bridgehead atoms. The number of piperidine rings is 1. The smallest absolute Gasteiger partial charge is 0.346 e. The maximum Gasteiger partial charge on any atom is 0.346 e. The molecule has 0 unspecified atom stereocenters. The molecule has 32 heavy (non-hydrogen) atoms. The first-order valence-electron chi connectivity index (χ1n) is 11.6. The van der Waals surface area contributed by atoms with Gasteiger partial charge in [0.1, 0.15) is 5.69 Å². The largest absolute Gasteiger partial charge is 0.376 e. The molecule has 6 nitrogen and oxygen atoms in total. The Kier molecular flexibility index (Phi) is 6.04. The maximum absolute atomic E-state index is 13.5. The average molecular weight is 431 g/mol. The van der Waals surface area contributed by atoms with Crippen LogP contribution < -0.4 is 0 Å². The van der Waals surface area contributed by atoms with E-state index in [9.17, 15) is 4.79 Å². The number of hydrogen-bond donors (Lipinski definition) is 0. The molecule has 1 aliphatic heterocycles. The van der Waals surface area contributed by atoms with Gasteiger partial charge in [-0.25, -0.2) is 4.79 Å². The van der Waals surface area contributed by atoms with Crippen LogP contribution in [0, 0.1) is 12.8 Å². The second-order valence-electron chi connectivity index (χ2n) is 9.17. The summed E-state index contributed by atoms with van der Waals surface area (Å²) in [7, 11) is 0. The Labute approximate surface area is 189 Å². The second-order valence-corrected chi connectivity index (χ2v) is 9.17. The normalized spacial score (nSPS) is 21.0. The van der Waals surface area contributed by atoms with Crippen molar-refractivity contribution in [3.05, 3.63) is 71.9 Å². The van der Waals surface area contributed by atoms with Crippen molar-refractivity contribution < 1.29 is 9.53 Å². The lowest BCUT2D eigenvalue weighted by Crippen LogP contribution is -2.52. The van der Waals surface area contributed by atoms with Gasteiger partial charge in [0.05, 0.1) is 12.3 Å². The number of amides is 1. The molecule has 1 saturated carbocycles. The fourth-order valence-corrected chi connectivity index (χ4v) is 4.36. The number of aromatic nitrogens is 3. The van der Waals surface area contributed by atoms with E-state index in [0.717, 1.165) is 31.4 Å². The molecule has 1 amide bonds. The molecule has 2 fully saturated rings. The van der Waals surface area contributed by atoms with Gasteiger partial charge < -0.3 is 9.64 Å². The molecule has 1 aliphatic carbocycles. The third kappa shape index (κ3) is 4.91. The molecular formula is C26H30N4O2. The topological polar surface area (TPSA) is 60.2 Å². The van der Waals surface area contributed by atoms with Crippen LogP contribution in [-0.2, 0) is 11.2 Å². The minimum Gasteiger partial charge on any atom is -0.376 e. The molecule has 0 spiro atoms. The number of aryl methyl sites for hydroxylation is 1. The van der Waals surface area contributed by atoms with Crippen LogP contribution >= 0.6 is 0 Å². The van der Waals surface area contributed by atoms with Gasteiger partial charge in [-0.15, -0.1) is 5.10 Å². The lowest BCUT2D eigenvalue weighted by molar-refractivity contribution is -0.0110. The van der Waals surface area contributed by atoms with Crippen molar-refractivity contribution in [2.75, 3.05) is 13.2 Å². The van der Waals surface area contributed by atoms with E-state index in [1.807, 2.05) is 35.2 Å². The molecule has 166 valence electrons. The maximum atomic E-state index is 13.5. The number of nitrogens with zero attached hydrogens (tertiary/aromatic N) is 4. The zero-order valence-corrected chi connectivity index (χ0v) is 18.6. The van der Waals surface area contributed by atoms with Gasteiger partial charge in [0, 0.05) is 24.8 Å². The zero-order chi connectivity index (χ0) is 21.9. The SMILES string of the molecule is Cc1ccc(-c2cn(C(=O)N3C[C@H](OCC4CC4)CC[C@@H]3Cc3ccccc3)nn2)cc1. The predicted molar refractivity (Wildman–Crippen MR) is 123 cm³/mol. The van der Waals surface area contributed by atoms with Crippen molar-refractivity contribution in [2.45, 2.75) is 51.2 Å². The number of carbonyl (C=O) groups excluding carboxylic acids is 1. The summed E-state index contributed by atoms with van der Waals surface area (Å²) in [6, 6.07) is 18.5. The number of benzene rings is 2. The Morgan fingerprint density at radius 1 is 1.03 bits per heavy atom. The minimum absolute atomic E-state index is 0.0895. The molecule has 2 aliphatic rings. The Morgan fingerprint density at radius 3 is 2.56 bits per heavy atom. The van der Waals surface area contributed by atoms with Crippen molar-refractivity contribution in [1.82, 2.24) is 19.9 Å². The molecule has 2 aromatic carbocycles. The first kappa shape index (κ1) is 20.9. The van der Waals surface area contributed by atoms with E-state index >= 15 is 0 Å². The monoisotopic (exact) mass is 430 g/mol. The Morgan fingerprint density at radius 2 is 1.81 bits per heavy atom. The van der Waals surface area contributed by atoms with Crippen LogP contribution in [0.4, 0.5) is 4.79 Å². The van der Waals surface area contributed by atoms with Crippen molar-refractivity contribution in [1.29, 1.82) is 0 Å². The minimum atomic E-state index is -0.128. The van der Waals surface area contributed by atoms with Gasteiger partial charge in [-0.05, 0) is 50.5 Å². The van der Waals surface area contributed by atoms with Gasteiger partial charge in [-0.1, -0.05) is 65.4 Å². The highest BCUT2D eigenvalue weighted by atomic mass is 16.5. The average Bonchev–Trinajstić information content (AvgIpc) is 3.53. The fourth-order valence-electron chi connectivity index (χ4n) is 4.36. The summed E-state index contributed by atoms with van der Waals surface area (Å²) in [4.78, 5) is 15.5. The van der Waals surface area contributed by atoms with Gasteiger partial charge >= 0.3 is 6.03 Å². The van der Waals surface area contributed by atoms with Crippen LogP contribution in [0.15, 0.2) is 60.8 Å². The van der Waals surface area contributed by atoms with Gasteiger partial charge in [0.15, 0.2) is 0 Å². The number of hydrogen-bond acceptors (Lipinski definition) is 4. The van der Waals surface area contributed by atoms with E-state index in [2.05, 4.69) is 41.5 Å². The van der Waals surface area contributed by atoms with Crippen LogP contribution in [-0.4, -0.2) is 51.2 Å². The first-order chi connectivity index (χ1) is 15.7. The van der Waals surface area contributed by atoms with Crippen LogP contribution in [0.1, 0.15) is 36.8 Å². The molecule has 1 aromatic heterocycles. The Balaban J connectivity index is 1.34. The van der Waals surface area contributed by atoms with E-state index in [-0.39, 0.29) is 18.2 Å². The molecule has 0 radical (unpaired) electrons. The summed E-state index contributed by atoms with van der Waals surface area (Å²) < 4.78 is 7.55. The zero-order valence-electron chi connectivity index (χ0n) is 18.6. The third-order valence-electron chi connectivity index (χ3n) is 6.52. The summed E-state index contributed by atoms with van der Waals surface area (Å²) >= 11 is 0. The summed E-state index contributed by atoms with van der Waals surface area (Å²) in [6.07, 6.45) is 7.11. The Hall–Kier alpha value is -2.99. The molecule has 5 rings (SSSR count). The lowest BCUT2D eigenvalue weighted by Gasteiger charge is -2.39. The van der Waals surface area contributed by atoms with E-state index in [1.165, 1.54) is 28.7 Å². The number of likely N-dealkylation sites (tertiary alicyclic amines) is 1. The molecule has 2 atom stereocenters. The van der Waals surface area contributed by atoms with E-state index < -0.39 is 0 Å². The van der Waals surface area contributed by atoms with E-state index in [1.54, 1.807) is 6.20 Å². The molecule has 6 heteroatoms. The van der Waals surface area contributed by atoms with E-state index in [4.69, 9.17) is 4.74 Å². The predicted octanol–water partition coefficient (Wildman–Crippen LogP) is 4.72. The first-order valence-corrected chi connectivity index (χ1v) is 11.6. The van der Waals surface area contributed by atoms with Gasteiger partial charge in [-0.3, -0.25) is 0 Å². The van der Waals surface area contributed by atoms with Gasteiger partial charge in [0.25, 0.3) is 0 Å². The van der Waals surface area contributed by atoms with Crippen molar-refractivity contribution in [3.63, 3.8) is 0 Å².